The van der Waals surface area contributed by atoms with Gasteiger partial charge in [-0.25, -0.2) is 0 Å². The molecule has 0 radical (unpaired) electrons. The Morgan fingerprint density at radius 1 is 0.815 bits per heavy atom. The molecule has 0 fully saturated rings. The van der Waals surface area contributed by atoms with Gasteiger partial charge in [-0.2, -0.15) is 0 Å². The van der Waals surface area contributed by atoms with Gasteiger partial charge in [-0.3, -0.25) is 4.79 Å². The molecule has 0 unspecified atom stereocenters. The largest absolute Gasteiger partial charge is 0.507 e. The highest BCUT2D eigenvalue weighted by Crippen LogP contribution is 2.42. The molecule has 27 heavy (non-hydrogen) atoms. The van der Waals surface area contributed by atoms with Gasteiger partial charge in [-0.15, -0.1) is 0 Å². The fraction of sp³-hybridized carbons (Fsp3) is 0.125. The van der Waals surface area contributed by atoms with Gasteiger partial charge >= 0.3 is 0 Å². The van der Waals surface area contributed by atoms with Crippen molar-refractivity contribution < 1.29 is 15.0 Å². The topological polar surface area (TPSA) is 57.5 Å². The molecule has 0 amide bonds. The summed E-state index contributed by atoms with van der Waals surface area (Å²) in [5, 5.41) is 22.3. The first kappa shape index (κ1) is 18.5. The van der Waals surface area contributed by atoms with E-state index < -0.39 is 5.97 Å². The first-order chi connectivity index (χ1) is 13.0. The van der Waals surface area contributed by atoms with E-state index in [0.717, 1.165) is 34.9 Å². The molecule has 4 rings (SSSR count). The predicted molar refractivity (Wildman–Crippen MR) is 111 cm³/mol. The zero-order valence-electron chi connectivity index (χ0n) is 15.4. The fourth-order valence-electron chi connectivity index (χ4n) is 3.34. The molecule has 3 heteroatoms. The van der Waals surface area contributed by atoms with Gasteiger partial charge in [-0.05, 0) is 39.9 Å². The van der Waals surface area contributed by atoms with Crippen LogP contribution in [0, 0.1) is 0 Å². The van der Waals surface area contributed by atoms with Gasteiger partial charge < -0.3 is 10.2 Å². The summed E-state index contributed by atoms with van der Waals surface area (Å²) in [6.45, 7) is 3.22. The van der Waals surface area contributed by atoms with Gasteiger partial charge in [0.2, 0.25) is 0 Å². The summed E-state index contributed by atoms with van der Waals surface area (Å²) in [7, 11) is 0. The average molecular weight is 358 g/mol. The van der Waals surface area contributed by atoms with Gasteiger partial charge in [0.1, 0.15) is 5.75 Å². The molecular formula is C24H22O3. The maximum absolute atomic E-state index is 10.8. The predicted octanol–water partition coefficient (Wildman–Crippen LogP) is 6.02. The van der Waals surface area contributed by atoms with Crippen LogP contribution in [0.1, 0.15) is 19.4 Å². The van der Waals surface area contributed by atoms with E-state index in [1.807, 2.05) is 24.3 Å². The maximum atomic E-state index is 10.8. The number of rotatable bonds is 2. The molecule has 0 spiro atoms. The highest BCUT2D eigenvalue weighted by atomic mass is 16.4. The van der Waals surface area contributed by atoms with Gasteiger partial charge in [0.15, 0.2) is 0 Å². The summed E-state index contributed by atoms with van der Waals surface area (Å²) < 4.78 is 0. The molecule has 136 valence electrons. The standard InChI is InChI=1S/C22H18O.C2H4O2/c1-2-15-12-13-18-20(14-15)22(23)19-11-7-6-10-17(19)21(18)16-8-4-3-5-9-16;1-2(3)4/h3-14,23H,2H2,1H3;1H3,(H,3,4). The van der Waals surface area contributed by atoms with Crippen LogP contribution in [0.25, 0.3) is 32.7 Å². The van der Waals surface area contributed by atoms with E-state index in [2.05, 4.69) is 55.5 Å². The highest BCUT2D eigenvalue weighted by molar-refractivity contribution is 6.16. The fourth-order valence-corrected chi connectivity index (χ4v) is 3.34. The molecule has 4 aromatic carbocycles. The first-order valence-corrected chi connectivity index (χ1v) is 8.94. The number of hydrogen-bond acceptors (Lipinski definition) is 2. The normalized spacial score (nSPS) is 10.4. The Morgan fingerprint density at radius 3 is 2.00 bits per heavy atom. The van der Waals surface area contributed by atoms with E-state index in [0.29, 0.717) is 5.75 Å². The van der Waals surface area contributed by atoms with Crippen LogP contribution < -0.4 is 0 Å². The van der Waals surface area contributed by atoms with Gasteiger partial charge in [0, 0.05) is 17.7 Å². The Labute approximate surface area is 158 Å². The molecular weight excluding hydrogens is 336 g/mol. The minimum absolute atomic E-state index is 0.380. The molecule has 0 aliphatic rings. The third kappa shape index (κ3) is 3.77. The number of aryl methyl sites for hydroxylation is 1. The van der Waals surface area contributed by atoms with Crippen LogP contribution in [0.5, 0.6) is 5.75 Å². The molecule has 0 saturated carbocycles. The third-order valence-corrected chi connectivity index (χ3v) is 4.53. The lowest BCUT2D eigenvalue weighted by molar-refractivity contribution is -0.134. The molecule has 0 aliphatic heterocycles. The second kappa shape index (κ2) is 7.92. The molecule has 3 nitrogen and oxygen atoms in total. The lowest BCUT2D eigenvalue weighted by atomic mass is 9.90. The van der Waals surface area contributed by atoms with Crippen molar-refractivity contribution in [3.8, 4) is 16.9 Å². The minimum atomic E-state index is -0.833. The van der Waals surface area contributed by atoms with Crippen LogP contribution in [0.3, 0.4) is 0 Å². The van der Waals surface area contributed by atoms with E-state index in [4.69, 9.17) is 9.90 Å². The number of aromatic hydroxyl groups is 1. The Bertz CT molecular complexity index is 1090. The minimum Gasteiger partial charge on any atom is -0.507 e. The van der Waals surface area contributed by atoms with Crippen molar-refractivity contribution in [2.75, 3.05) is 0 Å². The number of benzene rings is 4. The summed E-state index contributed by atoms with van der Waals surface area (Å²) in [5.74, 6) is -0.453. The summed E-state index contributed by atoms with van der Waals surface area (Å²) in [6, 6.07) is 24.9. The van der Waals surface area contributed by atoms with Crippen molar-refractivity contribution in [1.29, 1.82) is 0 Å². The molecule has 0 heterocycles. The average Bonchev–Trinajstić information content (AvgIpc) is 2.68. The number of fused-ring (bicyclic) bond motifs is 2. The van der Waals surface area contributed by atoms with E-state index >= 15 is 0 Å². The van der Waals surface area contributed by atoms with Crippen LogP contribution in [-0.2, 0) is 11.2 Å². The molecule has 4 aromatic rings. The van der Waals surface area contributed by atoms with Crippen molar-refractivity contribution in [2.45, 2.75) is 20.3 Å². The zero-order chi connectivity index (χ0) is 19.4. The van der Waals surface area contributed by atoms with E-state index in [1.165, 1.54) is 16.7 Å². The second-order valence-electron chi connectivity index (χ2n) is 6.39. The second-order valence-corrected chi connectivity index (χ2v) is 6.39. The quantitative estimate of drug-likeness (QED) is 0.431. The van der Waals surface area contributed by atoms with Crippen LogP contribution in [0.2, 0.25) is 0 Å². The number of carboxylic acids is 1. The molecule has 0 bridgehead atoms. The monoisotopic (exact) mass is 358 g/mol. The Morgan fingerprint density at radius 2 is 1.37 bits per heavy atom. The Kier molecular flexibility index (Phi) is 5.41. The van der Waals surface area contributed by atoms with Gasteiger partial charge in [0.25, 0.3) is 5.97 Å². The van der Waals surface area contributed by atoms with Gasteiger partial charge in [-0.1, -0.05) is 73.7 Å². The number of carbonyl (C=O) groups is 1. The van der Waals surface area contributed by atoms with Crippen LogP contribution >= 0.6 is 0 Å². The number of carboxylic acid groups (broad SMARTS) is 1. The zero-order valence-corrected chi connectivity index (χ0v) is 15.4. The molecule has 0 saturated heterocycles. The third-order valence-electron chi connectivity index (χ3n) is 4.53. The molecule has 0 atom stereocenters. The van der Waals surface area contributed by atoms with Crippen LogP contribution in [0.4, 0.5) is 0 Å². The lowest BCUT2D eigenvalue weighted by Crippen LogP contribution is -1.88. The molecule has 0 aliphatic carbocycles. The van der Waals surface area contributed by atoms with Crippen molar-refractivity contribution in [3.63, 3.8) is 0 Å². The number of hydrogen-bond donors (Lipinski definition) is 2. The highest BCUT2D eigenvalue weighted by Gasteiger charge is 2.14. The molecule has 2 N–H and O–H groups in total. The van der Waals surface area contributed by atoms with Crippen LogP contribution in [0.15, 0.2) is 72.8 Å². The molecule has 0 aromatic heterocycles. The van der Waals surface area contributed by atoms with Crippen molar-refractivity contribution in [1.82, 2.24) is 0 Å². The first-order valence-electron chi connectivity index (χ1n) is 8.94. The van der Waals surface area contributed by atoms with E-state index in [1.54, 1.807) is 0 Å². The van der Waals surface area contributed by atoms with Crippen molar-refractivity contribution >= 4 is 27.5 Å². The van der Waals surface area contributed by atoms with E-state index in [9.17, 15) is 5.11 Å². The lowest BCUT2D eigenvalue weighted by Gasteiger charge is -2.15. The number of aliphatic carboxylic acids is 1. The van der Waals surface area contributed by atoms with Crippen molar-refractivity contribution in [3.05, 3.63) is 78.4 Å². The summed E-state index contributed by atoms with van der Waals surface area (Å²) >= 11 is 0. The van der Waals surface area contributed by atoms with E-state index in [-0.39, 0.29) is 0 Å². The smallest absolute Gasteiger partial charge is 0.300 e. The summed E-state index contributed by atoms with van der Waals surface area (Å²) in [5.41, 5.74) is 3.61. The van der Waals surface area contributed by atoms with Crippen LogP contribution in [-0.4, -0.2) is 16.2 Å². The Balaban J connectivity index is 0.000000481. The summed E-state index contributed by atoms with van der Waals surface area (Å²) in [6.07, 6.45) is 0.961. The summed E-state index contributed by atoms with van der Waals surface area (Å²) in [4.78, 5) is 9.00. The SMILES string of the molecule is CC(=O)O.CCc1ccc2c(-c3ccccc3)c3ccccc3c(O)c2c1. The number of phenolic OH excluding ortho intramolecular Hbond substituents is 1. The van der Waals surface area contributed by atoms with Gasteiger partial charge in [0.05, 0.1) is 0 Å². The number of phenols is 1. The maximum Gasteiger partial charge on any atom is 0.300 e. The Hall–Kier alpha value is -3.33. The van der Waals surface area contributed by atoms with Crippen molar-refractivity contribution in [2.24, 2.45) is 0 Å².